The van der Waals surface area contributed by atoms with Crippen LogP contribution in [0.4, 0.5) is 0 Å². The van der Waals surface area contributed by atoms with Crippen LogP contribution in [-0.4, -0.2) is 52.7 Å². The highest BCUT2D eigenvalue weighted by molar-refractivity contribution is 5.92. The van der Waals surface area contributed by atoms with Gasteiger partial charge in [0.1, 0.15) is 0 Å². The average molecular weight is 251 g/mol. The van der Waals surface area contributed by atoms with E-state index in [0.29, 0.717) is 24.9 Å². The molecule has 3 rings (SSSR count). The number of nitrogens with zero attached hydrogens (tertiary/aromatic N) is 3. The second-order valence-corrected chi connectivity index (χ2v) is 5.21. The summed E-state index contributed by atoms with van der Waals surface area (Å²) in [4.78, 5) is 12.1. The fraction of sp³-hybridized carbons (Fsp3) is 0.727. The zero-order valence-corrected chi connectivity index (χ0v) is 10.3. The summed E-state index contributed by atoms with van der Waals surface area (Å²) in [5.41, 5.74) is 0.0915. The smallest absolute Gasteiger partial charge is 0.273 e. The third-order valence-electron chi connectivity index (χ3n) is 3.51. The second-order valence-electron chi connectivity index (χ2n) is 5.21. The first-order chi connectivity index (χ1) is 8.66. The van der Waals surface area contributed by atoms with E-state index in [0.717, 1.165) is 19.5 Å². The summed E-state index contributed by atoms with van der Waals surface area (Å²) in [6, 6.07) is 0.324. The van der Waals surface area contributed by atoms with Crippen molar-refractivity contribution in [2.45, 2.75) is 24.9 Å². The van der Waals surface area contributed by atoms with Crippen LogP contribution in [0.25, 0.3) is 0 Å². The number of nitrogens with one attached hydrogen (secondary N) is 2. The Morgan fingerprint density at radius 2 is 2.50 bits per heavy atom. The minimum atomic E-state index is -0.279. The van der Waals surface area contributed by atoms with Gasteiger partial charge in [-0.3, -0.25) is 4.79 Å². The second kappa shape index (κ2) is 4.33. The molecule has 7 heteroatoms. The molecular formula is C11H17N5O2. The van der Waals surface area contributed by atoms with E-state index in [4.69, 9.17) is 4.74 Å². The first-order valence-electron chi connectivity index (χ1n) is 6.19. The van der Waals surface area contributed by atoms with Crippen molar-refractivity contribution in [2.75, 3.05) is 26.3 Å². The van der Waals surface area contributed by atoms with Gasteiger partial charge in [0.15, 0.2) is 5.69 Å². The fourth-order valence-electron chi connectivity index (χ4n) is 2.12. The Balaban J connectivity index is 1.66. The van der Waals surface area contributed by atoms with Crippen LogP contribution in [0.5, 0.6) is 0 Å². The summed E-state index contributed by atoms with van der Waals surface area (Å²) in [7, 11) is 0. The van der Waals surface area contributed by atoms with Gasteiger partial charge >= 0.3 is 0 Å². The van der Waals surface area contributed by atoms with E-state index in [1.807, 2.05) is 6.92 Å². The molecule has 1 atom stereocenters. The normalized spacial score (nSPS) is 28.1. The third kappa shape index (κ3) is 2.11. The number of aromatic nitrogens is 3. The van der Waals surface area contributed by atoms with Crippen LogP contribution in [0.15, 0.2) is 6.20 Å². The van der Waals surface area contributed by atoms with Crippen LogP contribution in [-0.2, 0) is 4.74 Å². The van der Waals surface area contributed by atoms with Gasteiger partial charge in [0.2, 0.25) is 0 Å². The Morgan fingerprint density at radius 1 is 1.67 bits per heavy atom. The van der Waals surface area contributed by atoms with Crippen molar-refractivity contribution in [1.82, 2.24) is 25.6 Å². The molecule has 2 aliphatic rings. The monoisotopic (exact) mass is 251 g/mol. The number of ether oxygens (including phenoxy) is 1. The van der Waals surface area contributed by atoms with Crippen LogP contribution in [0.3, 0.4) is 0 Å². The largest absolute Gasteiger partial charge is 0.379 e. The molecule has 2 fully saturated rings. The van der Waals surface area contributed by atoms with Crippen molar-refractivity contribution >= 4 is 5.91 Å². The average Bonchev–Trinajstić information content (AvgIpc) is 2.85. The van der Waals surface area contributed by atoms with Gasteiger partial charge in [-0.05, 0) is 13.3 Å². The highest BCUT2D eigenvalue weighted by Crippen LogP contribution is 2.18. The van der Waals surface area contributed by atoms with Gasteiger partial charge in [-0.25, -0.2) is 4.68 Å². The van der Waals surface area contributed by atoms with Gasteiger partial charge in [0.25, 0.3) is 5.91 Å². The summed E-state index contributed by atoms with van der Waals surface area (Å²) < 4.78 is 7.05. The highest BCUT2D eigenvalue weighted by atomic mass is 16.5. The fourth-order valence-corrected chi connectivity index (χ4v) is 2.12. The summed E-state index contributed by atoms with van der Waals surface area (Å²) in [5, 5.41) is 14.0. The van der Waals surface area contributed by atoms with Crippen molar-refractivity contribution in [3.63, 3.8) is 0 Å². The minimum absolute atomic E-state index is 0.179. The maximum absolute atomic E-state index is 12.1. The Bertz CT molecular complexity index is 448. The molecule has 2 aliphatic heterocycles. The van der Waals surface area contributed by atoms with E-state index in [9.17, 15) is 4.79 Å². The lowest BCUT2D eigenvalue weighted by atomic mass is 10.0. The highest BCUT2D eigenvalue weighted by Gasteiger charge is 2.32. The molecule has 2 saturated heterocycles. The van der Waals surface area contributed by atoms with Gasteiger partial charge in [0.05, 0.1) is 24.4 Å². The summed E-state index contributed by atoms with van der Waals surface area (Å²) >= 11 is 0. The van der Waals surface area contributed by atoms with Crippen LogP contribution in [0.1, 0.15) is 29.9 Å². The van der Waals surface area contributed by atoms with Crippen LogP contribution >= 0.6 is 0 Å². The lowest BCUT2D eigenvalue weighted by molar-refractivity contribution is 0.0884. The number of rotatable bonds is 3. The van der Waals surface area contributed by atoms with Crippen molar-refractivity contribution in [1.29, 1.82) is 0 Å². The van der Waals surface area contributed by atoms with Crippen LogP contribution < -0.4 is 10.6 Å². The topological polar surface area (TPSA) is 81.1 Å². The molecule has 0 aromatic carbocycles. The van der Waals surface area contributed by atoms with Crippen molar-refractivity contribution in [2.24, 2.45) is 0 Å². The Morgan fingerprint density at radius 3 is 3.11 bits per heavy atom. The SMILES string of the molecule is CC1(NC(=O)c2cn(C3CNC3)nn2)CCOC1. The molecule has 98 valence electrons. The molecule has 1 amide bonds. The number of hydrogen-bond donors (Lipinski definition) is 2. The predicted octanol–water partition coefficient (Wildman–Crippen LogP) is -0.669. The summed E-state index contributed by atoms with van der Waals surface area (Å²) in [6.45, 7) is 5.00. The van der Waals surface area contributed by atoms with E-state index in [2.05, 4.69) is 20.9 Å². The minimum Gasteiger partial charge on any atom is -0.379 e. The first kappa shape index (κ1) is 11.6. The molecule has 0 saturated carbocycles. The zero-order valence-electron chi connectivity index (χ0n) is 10.3. The van der Waals surface area contributed by atoms with Crippen LogP contribution in [0.2, 0.25) is 0 Å². The molecule has 0 bridgehead atoms. The molecule has 0 spiro atoms. The summed E-state index contributed by atoms with van der Waals surface area (Å²) in [6.07, 6.45) is 2.54. The molecule has 0 radical (unpaired) electrons. The zero-order chi connectivity index (χ0) is 12.6. The maximum atomic E-state index is 12.1. The molecule has 1 aromatic rings. The third-order valence-corrected chi connectivity index (χ3v) is 3.51. The van der Waals surface area contributed by atoms with Gasteiger partial charge < -0.3 is 15.4 Å². The van der Waals surface area contributed by atoms with Crippen LogP contribution in [0, 0.1) is 0 Å². The van der Waals surface area contributed by atoms with Gasteiger partial charge in [-0.1, -0.05) is 5.21 Å². The van der Waals surface area contributed by atoms with Crippen molar-refractivity contribution < 1.29 is 9.53 Å². The molecule has 1 aromatic heterocycles. The molecule has 7 nitrogen and oxygen atoms in total. The Hall–Kier alpha value is -1.47. The van der Waals surface area contributed by atoms with Crippen molar-refractivity contribution in [3.05, 3.63) is 11.9 Å². The quantitative estimate of drug-likeness (QED) is 0.744. The lowest BCUT2D eigenvalue weighted by Gasteiger charge is -2.26. The maximum Gasteiger partial charge on any atom is 0.273 e. The van der Waals surface area contributed by atoms with E-state index in [-0.39, 0.29) is 11.4 Å². The number of carbonyl (C=O) groups is 1. The number of amides is 1. The molecule has 3 heterocycles. The van der Waals surface area contributed by atoms with Crippen molar-refractivity contribution in [3.8, 4) is 0 Å². The standard InChI is InChI=1S/C11H17N5O2/c1-11(2-3-18-7-11)13-10(17)9-6-16(15-14-9)8-4-12-5-8/h6,8,12H,2-5,7H2,1H3,(H,13,17). The molecule has 0 aliphatic carbocycles. The predicted molar refractivity (Wildman–Crippen MR) is 63.2 cm³/mol. The van der Waals surface area contributed by atoms with Gasteiger partial charge in [0, 0.05) is 19.7 Å². The summed E-state index contributed by atoms with van der Waals surface area (Å²) in [5.74, 6) is -0.179. The number of hydrogen-bond acceptors (Lipinski definition) is 5. The van der Waals surface area contributed by atoms with E-state index in [1.54, 1.807) is 10.9 Å². The van der Waals surface area contributed by atoms with E-state index < -0.39 is 0 Å². The molecule has 2 N–H and O–H groups in total. The first-order valence-corrected chi connectivity index (χ1v) is 6.19. The van der Waals surface area contributed by atoms with Gasteiger partial charge in [-0.2, -0.15) is 0 Å². The number of carbonyl (C=O) groups excluding carboxylic acids is 1. The molecule has 18 heavy (non-hydrogen) atoms. The Labute approximate surface area is 105 Å². The van der Waals surface area contributed by atoms with Gasteiger partial charge in [-0.15, -0.1) is 5.10 Å². The Kier molecular flexibility index (Phi) is 2.79. The molecular weight excluding hydrogens is 234 g/mol. The molecule has 1 unspecified atom stereocenters. The van der Waals surface area contributed by atoms with E-state index in [1.165, 1.54) is 0 Å². The van der Waals surface area contributed by atoms with E-state index >= 15 is 0 Å². The lowest BCUT2D eigenvalue weighted by Crippen LogP contribution is -2.46.